The Labute approximate surface area is 113 Å². The number of likely N-dealkylation sites (tertiary alicyclic amines) is 1. The summed E-state index contributed by atoms with van der Waals surface area (Å²) in [6.07, 6.45) is 2.64. The number of hydrogen-bond acceptors (Lipinski definition) is 4. The number of amides is 1. The zero-order valence-electron chi connectivity index (χ0n) is 11.3. The van der Waals surface area contributed by atoms with Crippen LogP contribution in [0.4, 0.5) is 0 Å². The van der Waals surface area contributed by atoms with Gasteiger partial charge in [0.1, 0.15) is 11.8 Å². The Balaban J connectivity index is 2.00. The summed E-state index contributed by atoms with van der Waals surface area (Å²) >= 11 is 0. The molecule has 1 aromatic heterocycles. The Morgan fingerprint density at radius 2 is 2.47 bits per heavy atom. The van der Waals surface area contributed by atoms with E-state index in [0.717, 1.165) is 26.1 Å². The van der Waals surface area contributed by atoms with Crippen LogP contribution in [0.25, 0.3) is 0 Å². The molecule has 1 fully saturated rings. The molecule has 0 saturated carbocycles. The first kappa shape index (κ1) is 13.5. The van der Waals surface area contributed by atoms with Gasteiger partial charge in [-0.2, -0.15) is 5.26 Å². The molecule has 1 saturated heterocycles. The fourth-order valence-corrected chi connectivity index (χ4v) is 2.49. The molecule has 19 heavy (non-hydrogen) atoms. The van der Waals surface area contributed by atoms with Gasteiger partial charge in [-0.05, 0) is 38.1 Å². The summed E-state index contributed by atoms with van der Waals surface area (Å²) in [7, 11) is 3.91. The third-order valence-electron chi connectivity index (χ3n) is 3.49. The lowest BCUT2D eigenvalue weighted by Gasteiger charge is -2.21. The summed E-state index contributed by atoms with van der Waals surface area (Å²) in [5, 5.41) is 8.80. The van der Waals surface area contributed by atoms with Crippen LogP contribution in [0.5, 0.6) is 0 Å². The van der Waals surface area contributed by atoms with Crippen molar-refractivity contribution in [3.63, 3.8) is 0 Å². The van der Waals surface area contributed by atoms with Gasteiger partial charge >= 0.3 is 0 Å². The lowest BCUT2D eigenvalue weighted by Crippen LogP contribution is -2.32. The number of hydrogen-bond donors (Lipinski definition) is 0. The number of carbonyl (C=O) groups excluding carboxylic acids is 1. The van der Waals surface area contributed by atoms with Crippen molar-refractivity contribution in [3.8, 4) is 6.07 Å². The van der Waals surface area contributed by atoms with Crippen LogP contribution in [-0.4, -0.2) is 54.4 Å². The van der Waals surface area contributed by atoms with Crippen molar-refractivity contribution in [2.45, 2.75) is 6.42 Å². The highest BCUT2D eigenvalue weighted by Crippen LogP contribution is 2.16. The second kappa shape index (κ2) is 5.81. The van der Waals surface area contributed by atoms with Gasteiger partial charge in [0, 0.05) is 31.9 Å². The molecule has 0 radical (unpaired) electrons. The van der Waals surface area contributed by atoms with Crippen LogP contribution < -0.4 is 0 Å². The number of pyridine rings is 1. The number of nitriles is 1. The number of rotatable bonds is 3. The molecule has 0 aromatic carbocycles. The Morgan fingerprint density at radius 1 is 1.68 bits per heavy atom. The highest BCUT2D eigenvalue weighted by atomic mass is 16.2. The molecule has 2 heterocycles. The Hall–Kier alpha value is -1.93. The fraction of sp³-hybridized carbons (Fsp3) is 0.500. The Bertz CT molecular complexity index is 508. The van der Waals surface area contributed by atoms with E-state index in [2.05, 4.69) is 16.9 Å². The molecular weight excluding hydrogens is 240 g/mol. The quantitative estimate of drug-likeness (QED) is 0.810. The molecule has 1 aliphatic heterocycles. The topological polar surface area (TPSA) is 60.2 Å². The van der Waals surface area contributed by atoms with E-state index in [9.17, 15) is 4.79 Å². The maximum absolute atomic E-state index is 12.3. The van der Waals surface area contributed by atoms with Gasteiger partial charge in [-0.1, -0.05) is 0 Å². The van der Waals surface area contributed by atoms with E-state index in [1.807, 2.05) is 13.1 Å². The molecule has 1 aliphatic rings. The molecule has 1 unspecified atom stereocenters. The maximum Gasteiger partial charge on any atom is 0.253 e. The molecule has 0 aliphatic carbocycles. The lowest BCUT2D eigenvalue weighted by molar-refractivity contribution is 0.0774. The second-order valence-electron chi connectivity index (χ2n) is 5.14. The number of carbonyl (C=O) groups is 1. The van der Waals surface area contributed by atoms with Crippen molar-refractivity contribution in [2.75, 3.05) is 33.7 Å². The SMILES string of the molecule is CN1CCC(CN(C)C(=O)c2ccnc(C#N)c2)C1. The van der Waals surface area contributed by atoms with E-state index >= 15 is 0 Å². The molecule has 5 nitrogen and oxygen atoms in total. The summed E-state index contributed by atoms with van der Waals surface area (Å²) in [5.41, 5.74) is 0.806. The molecule has 100 valence electrons. The average molecular weight is 258 g/mol. The highest BCUT2D eigenvalue weighted by Gasteiger charge is 2.23. The Kier molecular flexibility index (Phi) is 4.13. The van der Waals surface area contributed by atoms with Crippen LogP contribution in [-0.2, 0) is 0 Å². The molecule has 2 rings (SSSR count). The summed E-state index contributed by atoms with van der Waals surface area (Å²) in [5.74, 6) is 0.490. The van der Waals surface area contributed by atoms with Crippen molar-refractivity contribution < 1.29 is 4.79 Å². The summed E-state index contributed by atoms with van der Waals surface area (Å²) < 4.78 is 0. The van der Waals surface area contributed by atoms with Crippen molar-refractivity contribution >= 4 is 5.91 Å². The lowest BCUT2D eigenvalue weighted by atomic mass is 10.1. The first-order chi connectivity index (χ1) is 9.10. The van der Waals surface area contributed by atoms with E-state index in [4.69, 9.17) is 5.26 Å². The Morgan fingerprint density at radius 3 is 3.11 bits per heavy atom. The third kappa shape index (κ3) is 3.30. The molecule has 0 spiro atoms. The summed E-state index contributed by atoms with van der Waals surface area (Å²) in [6.45, 7) is 2.89. The summed E-state index contributed by atoms with van der Waals surface area (Å²) in [4.78, 5) is 20.1. The van der Waals surface area contributed by atoms with Crippen LogP contribution in [0.3, 0.4) is 0 Å². The van der Waals surface area contributed by atoms with Gasteiger partial charge in [-0.3, -0.25) is 4.79 Å². The fourth-order valence-electron chi connectivity index (χ4n) is 2.49. The van der Waals surface area contributed by atoms with Crippen molar-refractivity contribution in [1.29, 1.82) is 5.26 Å². The summed E-state index contributed by atoms with van der Waals surface area (Å²) in [6, 6.07) is 5.15. The van der Waals surface area contributed by atoms with Gasteiger partial charge in [0.15, 0.2) is 0 Å². The molecular formula is C14H18N4O. The largest absolute Gasteiger partial charge is 0.341 e. The third-order valence-corrected chi connectivity index (χ3v) is 3.49. The monoisotopic (exact) mass is 258 g/mol. The number of aromatic nitrogens is 1. The molecule has 1 aromatic rings. The van der Waals surface area contributed by atoms with E-state index < -0.39 is 0 Å². The zero-order valence-corrected chi connectivity index (χ0v) is 11.3. The minimum atomic E-state index is -0.0477. The molecule has 5 heteroatoms. The van der Waals surface area contributed by atoms with Crippen molar-refractivity contribution in [3.05, 3.63) is 29.6 Å². The first-order valence-corrected chi connectivity index (χ1v) is 6.40. The molecule has 1 amide bonds. The van der Waals surface area contributed by atoms with Gasteiger partial charge in [-0.25, -0.2) is 4.98 Å². The van der Waals surface area contributed by atoms with Gasteiger partial charge in [-0.15, -0.1) is 0 Å². The van der Waals surface area contributed by atoms with Crippen LogP contribution in [0, 0.1) is 17.2 Å². The van der Waals surface area contributed by atoms with Crippen molar-refractivity contribution in [2.24, 2.45) is 5.92 Å². The predicted octanol–water partition coefficient (Wildman–Crippen LogP) is 0.977. The van der Waals surface area contributed by atoms with Crippen molar-refractivity contribution in [1.82, 2.24) is 14.8 Å². The smallest absolute Gasteiger partial charge is 0.253 e. The maximum atomic E-state index is 12.3. The normalized spacial score (nSPS) is 19.1. The predicted molar refractivity (Wildman–Crippen MR) is 71.5 cm³/mol. The van der Waals surface area contributed by atoms with Crippen LogP contribution in [0.1, 0.15) is 22.5 Å². The number of nitrogens with zero attached hydrogens (tertiary/aromatic N) is 4. The van der Waals surface area contributed by atoms with Crippen LogP contribution >= 0.6 is 0 Å². The molecule has 1 atom stereocenters. The van der Waals surface area contributed by atoms with E-state index in [0.29, 0.717) is 11.5 Å². The minimum absolute atomic E-state index is 0.0477. The highest BCUT2D eigenvalue weighted by molar-refractivity contribution is 5.94. The van der Waals surface area contributed by atoms with Crippen LogP contribution in [0.15, 0.2) is 18.3 Å². The minimum Gasteiger partial charge on any atom is -0.341 e. The standard InChI is InChI=1S/C14H18N4O/c1-17-6-4-11(9-17)10-18(2)14(19)12-3-5-16-13(7-12)8-15/h3,5,7,11H,4,6,9-10H2,1-2H3. The van der Waals surface area contributed by atoms with Gasteiger partial charge in [0.05, 0.1) is 0 Å². The molecule has 0 N–H and O–H groups in total. The zero-order chi connectivity index (χ0) is 13.8. The average Bonchev–Trinajstić information content (AvgIpc) is 2.83. The van der Waals surface area contributed by atoms with E-state index in [1.165, 1.54) is 6.20 Å². The van der Waals surface area contributed by atoms with Gasteiger partial charge in [0.25, 0.3) is 5.91 Å². The van der Waals surface area contributed by atoms with Gasteiger partial charge < -0.3 is 9.80 Å². The first-order valence-electron chi connectivity index (χ1n) is 6.40. The van der Waals surface area contributed by atoms with Gasteiger partial charge in [0.2, 0.25) is 0 Å². The van der Waals surface area contributed by atoms with E-state index in [1.54, 1.807) is 17.0 Å². The van der Waals surface area contributed by atoms with E-state index in [-0.39, 0.29) is 11.6 Å². The molecule has 0 bridgehead atoms. The van der Waals surface area contributed by atoms with Crippen LogP contribution in [0.2, 0.25) is 0 Å². The second-order valence-corrected chi connectivity index (χ2v) is 5.14.